The molecule has 12 N–H and O–H groups in total. The first-order chi connectivity index (χ1) is 35.8. The van der Waals surface area contributed by atoms with E-state index in [1.165, 1.54) is 32.1 Å². The number of carbonyl (C=O) groups excluding carboxylic acids is 1. The van der Waals surface area contributed by atoms with Gasteiger partial charge in [-0.1, -0.05) is 145 Å². The molecular weight excluding hydrogens is 963 g/mol. The van der Waals surface area contributed by atoms with Crippen LogP contribution >= 0.6 is 0 Å². The van der Waals surface area contributed by atoms with Crippen molar-refractivity contribution in [3.63, 3.8) is 0 Å². The van der Waals surface area contributed by atoms with E-state index in [4.69, 9.17) is 28.4 Å². The van der Waals surface area contributed by atoms with E-state index in [0.29, 0.717) is 6.42 Å². The molecule has 1 amide bonds. The van der Waals surface area contributed by atoms with E-state index in [9.17, 15) is 61.0 Å². The quantitative estimate of drug-likeness (QED) is 0.0312. The zero-order valence-electron chi connectivity index (χ0n) is 44.0. The van der Waals surface area contributed by atoms with Crippen LogP contribution in [0.5, 0.6) is 0 Å². The number of ether oxygens (including phenoxy) is 6. The lowest BCUT2D eigenvalue weighted by atomic mass is 9.96. The number of hydrogen-bond donors (Lipinski definition) is 12. The Morgan fingerprint density at radius 2 is 0.932 bits per heavy atom. The SMILES string of the molecule is CC/C=C\C/C=C\C/C=C\C/C=C\CCCCCCCCCCCCC(=O)NC(COC1OC(CO)C(OC2OC(CO)C(OC3OC(CO)C(O)C(O)C3O)C(O)C2O)C(O)C1O)C(O)/C=C/CCCCCC. The summed E-state index contributed by atoms with van der Waals surface area (Å²) in [6.07, 6.45) is 15.5. The molecule has 19 nitrogen and oxygen atoms in total. The number of rotatable bonds is 38. The minimum Gasteiger partial charge on any atom is -0.394 e. The van der Waals surface area contributed by atoms with Crippen molar-refractivity contribution in [2.75, 3.05) is 26.4 Å². The third-order valence-electron chi connectivity index (χ3n) is 13.6. The number of aliphatic hydroxyl groups excluding tert-OH is 11. The highest BCUT2D eigenvalue weighted by molar-refractivity contribution is 5.76. The van der Waals surface area contributed by atoms with Gasteiger partial charge in [0, 0.05) is 6.42 Å². The molecular formula is C55H95NO18. The topological polar surface area (TPSA) is 307 Å². The summed E-state index contributed by atoms with van der Waals surface area (Å²) in [5.74, 6) is -0.290. The fraction of sp³-hybridized carbons (Fsp3) is 0.800. The van der Waals surface area contributed by atoms with Crippen molar-refractivity contribution in [2.24, 2.45) is 0 Å². The van der Waals surface area contributed by atoms with Crippen LogP contribution in [0.25, 0.3) is 0 Å². The van der Waals surface area contributed by atoms with Crippen molar-refractivity contribution in [2.45, 2.75) is 253 Å². The van der Waals surface area contributed by atoms with Crippen LogP contribution in [-0.2, 0) is 33.2 Å². The Hall–Kier alpha value is -2.51. The molecule has 0 aliphatic carbocycles. The highest BCUT2D eigenvalue weighted by Gasteiger charge is 2.53. The van der Waals surface area contributed by atoms with Crippen molar-refractivity contribution in [1.29, 1.82) is 0 Å². The summed E-state index contributed by atoms with van der Waals surface area (Å²) in [5, 5.41) is 119. The van der Waals surface area contributed by atoms with E-state index in [2.05, 4.69) is 67.8 Å². The predicted octanol–water partition coefficient (Wildman–Crippen LogP) is 3.31. The second-order valence-corrected chi connectivity index (χ2v) is 19.7. The first kappa shape index (κ1) is 65.8. The standard InChI is InChI=1S/C55H95NO18/c1-3-5-7-9-11-12-13-14-15-16-17-18-19-20-21-22-23-24-25-26-27-29-31-33-43(61)56-38(39(60)32-30-28-10-8-6-4-2)37-69-53-49(67)46(64)51(41(35-58)71-53)74-55-50(68)47(65)52(42(36-59)72-55)73-54-48(66)45(63)44(62)40(34-57)70-54/h5,7,11-12,14-15,17-18,30,32,38-42,44-55,57-60,62-68H,3-4,6,8-10,13,16,19-29,31,33-37H2,1-2H3,(H,56,61)/b7-5-,12-11-,15-14-,18-17-,32-30+. The molecule has 0 bridgehead atoms. The van der Waals surface area contributed by atoms with Gasteiger partial charge in [-0.3, -0.25) is 4.79 Å². The molecule has 17 unspecified atom stereocenters. The maximum atomic E-state index is 13.2. The molecule has 0 radical (unpaired) electrons. The molecule has 17 atom stereocenters. The zero-order chi connectivity index (χ0) is 54.1. The maximum absolute atomic E-state index is 13.2. The molecule has 3 heterocycles. The van der Waals surface area contributed by atoms with Crippen molar-refractivity contribution in [1.82, 2.24) is 5.32 Å². The summed E-state index contributed by atoms with van der Waals surface area (Å²) in [4.78, 5) is 13.2. The van der Waals surface area contributed by atoms with Gasteiger partial charge in [-0.2, -0.15) is 0 Å². The highest BCUT2D eigenvalue weighted by atomic mass is 16.8. The number of aliphatic hydroxyl groups is 11. The minimum atomic E-state index is -1.98. The summed E-state index contributed by atoms with van der Waals surface area (Å²) in [5.41, 5.74) is 0. The van der Waals surface area contributed by atoms with Gasteiger partial charge in [0.1, 0.15) is 73.2 Å². The van der Waals surface area contributed by atoms with E-state index in [1.54, 1.807) is 6.08 Å². The second-order valence-electron chi connectivity index (χ2n) is 19.7. The molecule has 3 saturated heterocycles. The van der Waals surface area contributed by atoms with E-state index in [-0.39, 0.29) is 18.9 Å². The molecule has 428 valence electrons. The normalized spacial score (nSPS) is 31.9. The van der Waals surface area contributed by atoms with Gasteiger partial charge in [0.25, 0.3) is 0 Å². The lowest BCUT2D eigenvalue weighted by Crippen LogP contribution is -2.66. The highest BCUT2D eigenvalue weighted by Crippen LogP contribution is 2.33. The Bertz CT molecular complexity index is 1590. The lowest BCUT2D eigenvalue weighted by Gasteiger charge is -2.48. The van der Waals surface area contributed by atoms with Gasteiger partial charge >= 0.3 is 0 Å². The van der Waals surface area contributed by atoms with Gasteiger partial charge in [-0.05, 0) is 57.8 Å². The van der Waals surface area contributed by atoms with Gasteiger partial charge in [0.2, 0.25) is 5.91 Å². The first-order valence-electron chi connectivity index (χ1n) is 27.5. The number of amides is 1. The van der Waals surface area contributed by atoms with E-state index >= 15 is 0 Å². The zero-order valence-corrected chi connectivity index (χ0v) is 44.0. The Balaban J connectivity index is 1.43. The van der Waals surface area contributed by atoms with E-state index in [0.717, 1.165) is 89.9 Å². The third kappa shape index (κ3) is 23.6. The van der Waals surface area contributed by atoms with Crippen LogP contribution in [0.1, 0.15) is 149 Å². The molecule has 0 aromatic carbocycles. The van der Waals surface area contributed by atoms with Crippen molar-refractivity contribution in [3.05, 3.63) is 60.8 Å². The fourth-order valence-corrected chi connectivity index (χ4v) is 9.00. The lowest BCUT2D eigenvalue weighted by molar-refractivity contribution is -0.379. The summed E-state index contributed by atoms with van der Waals surface area (Å²) in [7, 11) is 0. The fourth-order valence-electron chi connectivity index (χ4n) is 9.00. The molecule has 19 heteroatoms. The summed E-state index contributed by atoms with van der Waals surface area (Å²) >= 11 is 0. The number of hydrogen-bond acceptors (Lipinski definition) is 18. The molecule has 3 aliphatic rings. The third-order valence-corrected chi connectivity index (χ3v) is 13.6. The van der Waals surface area contributed by atoms with E-state index in [1.807, 2.05) is 6.08 Å². The van der Waals surface area contributed by atoms with Crippen LogP contribution in [-0.4, -0.2) is 193 Å². The van der Waals surface area contributed by atoms with Gasteiger partial charge in [-0.15, -0.1) is 0 Å². The second kappa shape index (κ2) is 38.9. The Labute approximate surface area is 439 Å². The summed E-state index contributed by atoms with van der Waals surface area (Å²) in [6.45, 7) is 1.47. The maximum Gasteiger partial charge on any atom is 0.220 e. The molecule has 3 rings (SSSR count). The van der Waals surface area contributed by atoms with Gasteiger partial charge < -0.3 is 89.9 Å². The van der Waals surface area contributed by atoms with Crippen LogP contribution < -0.4 is 5.32 Å². The van der Waals surface area contributed by atoms with Gasteiger partial charge in [0.05, 0.1) is 38.6 Å². The van der Waals surface area contributed by atoms with Crippen LogP contribution in [0.15, 0.2) is 60.8 Å². The monoisotopic (exact) mass is 1060 g/mol. The van der Waals surface area contributed by atoms with E-state index < -0.39 is 124 Å². The summed E-state index contributed by atoms with van der Waals surface area (Å²) in [6, 6.07) is -0.973. The Morgan fingerprint density at radius 1 is 0.500 bits per heavy atom. The van der Waals surface area contributed by atoms with Crippen LogP contribution in [0.2, 0.25) is 0 Å². The van der Waals surface area contributed by atoms with Gasteiger partial charge in [0.15, 0.2) is 18.9 Å². The molecule has 74 heavy (non-hydrogen) atoms. The minimum absolute atomic E-state index is 0.234. The molecule has 0 aromatic rings. The Kier molecular flexibility index (Phi) is 34.6. The van der Waals surface area contributed by atoms with Gasteiger partial charge in [-0.25, -0.2) is 0 Å². The van der Waals surface area contributed by atoms with Crippen molar-refractivity contribution < 1.29 is 89.4 Å². The number of carbonyl (C=O) groups is 1. The molecule has 0 saturated carbocycles. The van der Waals surface area contributed by atoms with Crippen LogP contribution in [0.4, 0.5) is 0 Å². The number of unbranched alkanes of at least 4 members (excludes halogenated alkanes) is 14. The average Bonchev–Trinajstić information content (AvgIpc) is 3.40. The van der Waals surface area contributed by atoms with Crippen LogP contribution in [0.3, 0.4) is 0 Å². The Morgan fingerprint density at radius 3 is 1.46 bits per heavy atom. The number of nitrogens with one attached hydrogen (secondary N) is 1. The largest absolute Gasteiger partial charge is 0.394 e. The van der Waals surface area contributed by atoms with Crippen LogP contribution in [0, 0.1) is 0 Å². The first-order valence-corrected chi connectivity index (χ1v) is 27.5. The number of allylic oxidation sites excluding steroid dienone is 9. The molecule has 0 spiro atoms. The van der Waals surface area contributed by atoms with Crippen molar-refractivity contribution >= 4 is 5.91 Å². The molecule has 3 fully saturated rings. The molecule has 3 aliphatic heterocycles. The predicted molar refractivity (Wildman–Crippen MR) is 277 cm³/mol. The smallest absolute Gasteiger partial charge is 0.220 e. The summed E-state index contributed by atoms with van der Waals surface area (Å²) < 4.78 is 34.0. The average molecular weight is 1060 g/mol. The van der Waals surface area contributed by atoms with Crippen molar-refractivity contribution in [3.8, 4) is 0 Å². The molecule has 0 aromatic heterocycles.